The molecule has 7 atom stereocenters. The van der Waals surface area contributed by atoms with Crippen molar-refractivity contribution in [3.05, 3.63) is 0 Å². The second-order valence-electron chi connectivity index (χ2n) is 25.6. The van der Waals surface area contributed by atoms with Gasteiger partial charge in [0.05, 0.1) is 26.4 Å². The van der Waals surface area contributed by atoms with Crippen LogP contribution in [-0.2, 0) is 65.4 Å². The Morgan fingerprint density at radius 2 is 0.558 bits per heavy atom. The zero-order chi connectivity index (χ0) is 63.9. The van der Waals surface area contributed by atoms with Gasteiger partial charge in [0.2, 0.25) is 0 Å². The monoisotopic (exact) mass is 1270 g/mol. The molecule has 0 amide bonds. The number of phosphoric ester groups is 2. The van der Waals surface area contributed by atoms with Crippen LogP contribution in [0.4, 0.5) is 0 Å². The highest BCUT2D eigenvalue weighted by molar-refractivity contribution is 7.47. The third-order valence-electron chi connectivity index (χ3n) is 16.0. The van der Waals surface area contributed by atoms with E-state index in [4.69, 9.17) is 37.0 Å². The van der Waals surface area contributed by atoms with Crippen LogP contribution in [0.1, 0.15) is 325 Å². The van der Waals surface area contributed by atoms with Crippen molar-refractivity contribution in [2.24, 2.45) is 23.7 Å². The van der Waals surface area contributed by atoms with Crippen molar-refractivity contribution in [3.63, 3.8) is 0 Å². The number of hydrogen-bond acceptors (Lipinski definition) is 15. The van der Waals surface area contributed by atoms with Crippen LogP contribution in [0.25, 0.3) is 0 Å². The van der Waals surface area contributed by atoms with E-state index in [9.17, 15) is 43.2 Å². The van der Waals surface area contributed by atoms with Crippen LogP contribution in [0.15, 0.2) is 0 Å². The first kappa shape index (κ1) is 84.1. The largest absolute Gasteiger partial charge is 0.472 e. The van der Waals surface area contributed by atoms with E-state index in [1.807, 2.05) is 0 Å². The number of ether oxygens (including phenoxy) is 4. The lowest BCUT2D eigenvalue weighted by molar-refractivity contribution is -0.161. The number of hydrogen-bond donors (Lipinski definition) is 3. The summed E-state index contributed by atoms with van der Waals surface area (Å²) in [6, 6.07) is 0. The molecule has 0 fully saturated rings. The Labute approximate surface area is 524 Å². The molecule has 3 N–H and O–H groups in total. The van der Waals surface area contributed by atoms with Crippen molar-refractivity contribution in [3.8, 4) is 0 Å². The van der Waals surface area contributed by atoms with Gasteiger partial charge in [-0.1, -0.05) is 274 Å². The second kappa shape index (κ2) is 57.0. The molecule has 0 spiro atoms. The van der Waals surface area contributed by atoms with Gasteiger partial charge < -0.3 is 33.8 Å². The normalized spacial score (nSPS) is 15.0. The van der Waals surface area contributed by atoms with Crippen molar-refractivity contribution in [2.45, 2.75) is 343 Å². The molecule has 0 rings (SSSR count). The minimum absolute atomic E-state index is 0.103. The van der Waals surface area contributed by atoms with Crippen LogP contribution < -0.4 is 0 Å². The van der Waals surface area contributed by atoms with E-state index in [-0.39, 0.29) is 25.7 Å². The van der Waals surface area contributed by atoms with E-state index in [0.29, 0.717) is 31.6 Å². The molecule has 17 nitrogen and oxygen atoms in total. The lowest BCUT2D eigenvalue weighted by Crippen LogP contribution is -2.30. The summed E-state index contributed by atoms with van der Waals surface area (Å²) in [6.07, 6.45) is 37.6. The maximum atomic E-state index is 13.0. The Balaban J connectivity index is 5.27. The van der Waals surface area contributed by atoms with E-state index >= 15 is 0 Å². The molecule has 86 heavy (non-hydrogen) atoms. The molecule has 0 aliphatic heterocycles. The van der Waals surface area contributed by atoms with Crippen LogP contribution in [0.2, 0.25) is 0 Å². The van der Waals surface area contributed by atoms with Crippen molar-refractivity contribution < 1.29 is 80.2 Å². The lowest BCUT2D eigenvalue weighted by Gasteiger charge is -2.21. The summed E-state index contributed by atoms with van der Waals surface area (Å²) in [4.78, 5) is 72.4. The Hall–Kier alpha value is -1.94. The molecule has 0 bridgehead atoms. The van der Waals surface area contributed by atoms with Crippen molar-refractivity contribution in [1.29, 1.82) is 0 Å². The summed E-state index contributed by atoms with van der Waals surface area (Å²) in [5.41, 5.74) is 0. The molecular formula is C67H130O17P2. The summed E-state index contributed by atoms with van der Waals surface area (Å²) < 4.78 is 68.1. The average molecular weight is 1270 g/mol. The van der Waals surface area contributed by atoms with E-state index < -0.39 is 97.5 Å². The van der Waals surface area contributed by atoms with Crippen molar-refractivity contribution in [2.75, 3.05) is 39.6 Å². The highest BCUT2D eigenvalue weighted by atomic mass is 31.2. The third kappa shape index (κ3) is 58.4. The molecular weight excluding hydrogens is 1140 g/mol. The van der Waals surface area contributed by atoms with Crippen LogP contribution in [0.5, 0.6) is 0 Å². The fourth-order valence-corrected chi connectivity index (χ4v) is 11.5. The number of carbonyl (C=O) groups is 4. The fraction of sp³-hybridized carbons (Fsp3) is 0.940. The van der Waals surface area contributed by atoms with E-state index in [2.05, 4.69) is 55.4 Å². The highest BCUT2D eigenvalue weighted by Gasteiger charge is 2.30. The Morgan fingerprint density at radius 3 is 0.826 bits per heavy atom. The number of unbranched alkanes of at least 4 members (excludes halogenated alkanes) is 28. The molecule has 0 heterocycles. The van der Waals surface area contributed by atoms with Crippen LogP contribution in [0.3, 0.4) is 0 Å². The molecule has 510 valence electrons. The molecule has 0 aliphatic rings. The number of rotatable bonds is 64. The van der Waals surface area contributed by atoms with Gasteiger partial charge in [-0.15, -0.1) is 0 Å². The maximum absolute atomic E-state index is 13.0. The SMILES string of the molecule is CCC(C)CCCCCCCCCCC(=O)O[C@H](COC(=O)CCCCCCCCCC(C)C)COP(=O)(O)OCC(O)COP(=O)(O)OC[C@@H](COC(=O)CCCCCCCCC(C)CC)OC(=O)CCCCCCCCCCCCCC(C)C. The molecule has 0 aromatic carbocycles. The Kier molecular flexibility index (Phi) is 55.7. The van der Waals surface area contributed by atoms with Crippen LogP contribution >= 0.6 is 15.6 Å². The lowest BCUT2D eigenvalue weighted by atomic mass is 9.99. The van der Waals surface area contributed by atoms with E-state index in [1.54, 1.807) is 0 Å². The van der Waals surface area contributed by atoms with E-state index in [1.165, 1.54) is 116 Å². The van der Waals surface area contributed by atoms with Gasteiger partial charge in [0.15, 0.2) is 12.2 Å². The summed E-state index contributed by atoms with van der Waals surface area (Å²) in [5.74, 6) is 0.834. The highest BCUT2D eigenvalue weighted by Crippen LogP contribution is 2.45. The van der Waals surface area contributed by atoms with Gasteiger partial charge >= 0.3 is 39.5 Å². The fourth-order valence-electron chi connectivity index (χ4n) is 9.89. The number of carbonyl (C=O) groups excluding carboxylic acids is 4. The molecule has 19 heteroatoms. The van der Waals surface area contributed by atoms with E-state index in [0.717, 1.165) is 120 Å². The number of phosphoric acid groups is 2. The van der Waals surface area contributed by atoms with Gasteiger partial charge in [0.25, 0.3) is 0 Å². The molecule has 0 radical (unpaired) electrons. The summed E-state index contributed by atoms with van der Waals surface area (Å²) in [6.45, 7) is 14.0. The summed E-state index contributed by atoms with van der Waals surface area (Å²) in [5, 5.41) is 10.6. The molecule has 0 aromatic rings. The van der Waals surface area contributed by atoms with Gasteiger partial charge in [-0.25, -0.2) is 9.13 Å². The molecule has 0 aliphatic carbocycles. The topological polar surface area (TPSA) is 237 Å². The minimum atomic E-state index is -4.95. The molecule has 0 saturated heterocycles. The standard InChI is InChI=1S/C67H130O17P2/c1-9-59(7)45-37-29-21-16-17-23-34-42-50-67(72)84-62(53-77-64(69)47-39-31-24-18-20-28-36-44-58(5)6)55-81-85(73,74)79-51-61(68)52-80-86(75,76)82-56-63(54-78-65(70)48-40-32-26-25-30-38-46-60(8)10-2)83-66(71)49-41-33-22-15-13-11-12-14-19-27-35-43-57(3)4/h57-63,68H,9-56H2,1-8H3,(H,73,74)(H,75,76)/t59?,60?,61?,62-,63-/m1/s1. The molecule has 0 saturated carbocycles. The van der Waals surface area contributed by atoms with Gasteiger partial charge in [-0.05, 0) is 49.4 Å². The van der Waals surface area contributed by atoms with Gasteiger partial charge in [-0.3, -0.25) is 37.3 Å². The summed E-state index contributed by atoms with van der Waals surface area (Å²) >= 11 is 0. The number of aliphatic hydroxyl groups is 1. The van der Waals surface area contributed by atoms with Crippen LogP contribution in [0, 0.1) is 23.7 Å². The smallest absolute Gasteiger partial charge is 0.462 e. The predicted molar refractivity (Wildman–Crippen MR) is 344 cm³/mol. The zero-order valence-corrected chi connectivity index (χ0v) is 57.7. The van der Waals surface area contributed by atoms with Crippen molar-refractivity contribution in [1.82, 2.24) is 0 Å². The van der Waals surface area contributed by atoms with Gasteiger partial charge in [0.1, 0.15) is 19.3 Å². The third-order valence-corrected chi connectivity index (χ3v) is 17.9. The first-order valence-electron chi connectivity index (χ1n) is 34.8. The second-order valence-corrected chi connectivity index (χ2v) is 28.6. The average Bonchev–Trinajstić information content (AvgIpc) is 3.64. The first-order chi connectivity index (χ1) is 41.2. The number of aliphatic hydroxyl groups excluding tert-OH is 1. The first-order valence-corrected chi connectivity index (χ1v) is 37.8. The Bertz CT molecular complexity index is 1720. The number of esters is 4. The Morgan fingerprint density at radius 1 is 0.326 bits per heavy atom. The summed E-state index contributed by atoms with van der Waals surface area (Å²) in [7, 11) is -9.90. The van der Waals surface area contributed by atoms with Gasteiger partial charge in [-0.2, -0.15) is 0 Å². The van der Waals surface area contributed by atoms with Crippen LogP contribution in [-0.4, -0.2) is 96.7 Å². The molecule has 0 aromatic heterocycles. The quantitative estimate of drug-likeness (QED) is 0.0222. The molecule has 5 unspecified atom stereocenters. The maximum Gasteiger partial charge on any atom is 0.472 e. The predicted octanol–water partition coefficient (Wildman–Crippen LogP) is 18.5. The minimum Gasteiger partial charge on any atom is -0.462 e. The zero-order valence-electron chi connectivity index (χ0n) is 55.9. The van der Waals surface area contributed by atoms with Crippen molar-refractivity contribution >= 4 is 39.5 Å². The van der Waals surface area contributed by atoms with Gasteiger partial charge in [0, 0.05) is 25.7 Å².